The Morgan fingerprint density at radius 2 is 1.65 bits per heavy atom. The lowest BCUT2D eigenvalue weighted by molar-refractivity contribution is -0.111. The lowest BCUT2D eigenvalue weighted by atomic mass is 10.5. The summed E-state index contributed by atoms with van der Waals surface area (Å²) >= 11 is 2.23. The lowest BCUT2D eigenvalue weighted by Gasteiger charge is -2.18. The number of phosphoric acid groups is 1. The zero-order valence-corrected chi connectivity index (χ0v) is 14.6. The van der Waals surface area contributed by atoms with Crippen molar-refractivity contribution in [2.45, 2.75) is 31.9 Å². The fourth-order valence-electron chi connectivity index (χ4n) is 1.03. The van der Waals surface area contributed by atoms with E-state index in [-0.39, 0.29) is 22.1 Å². The molecular formula is C11H21O6PS2. The highest BCUT2D eigenvalue weighted by Gasteiger charge is 2.26. The first kappa shape index (κ1) is 20.1. The van der Waals surface area contributed by atoms with Crippen LogP contribution in [0.4, 0.5) is 0 Å². The molecule has 0 amide bonds. The molecule has 0 aromatic rings. The van der Waals surface area contributed by atoms with Crippen LogP contribution in [-0.2, 0) is 27.7 Å². The van der Waals surface area contributed by atoms with Crippen LogP contribution in [0.5, 0.6) is 0 Å². The van der Waals surface area contributed by atoms with Crippen molar-refractivity contribution in [3.8, 4) is 0 Å². The summed E-state index contributed by atoms with van der Waals surface area (Å²) in [7, 11) is -1.12. The predicted molar refractivity (Wildman–Crippen MR) is 82.0 cm³/mol. The molecule has 0 aliphatic rings. The fourth-order valence-corrected chi connectivity index (χ4v) is 3.67. The van der Waals surface area contributed by atoms with E-state index < -0.39 is 7.82 Å². The van der Waals surface area contributed by atoms with Gasteiger partial charge < -0.3 is 0 Å². The molecule has 6 nitrogen and oxygen atoms in total. The van der Waals surface area contributed by atoms with Crippen LogP contribution in [0, 0.1) is 0 Å². The third-order valence-corrected chi connectivity index (χ3v) is 6.11. The van der Waals surface area contributed by atoms with E-state index >= 15 is 0 Å². The van der Waals surface area contributed by atoms with Gasteiger partial charge in [0.15, 0.2) is 10.2 Å². The van der Waals surface area contributed by atoms with Crippen molar-refractivity contribution in [3.63, 3.8) is 0 Å². The summed E-state index contributed by atoms with van der Waals surface area (Å²) in [5, 5.41) is -0.240. The molecule has 0 N–H and O–H groups in total. The maximum Gasteiger partial charge on any atom is 0.474 e. The van der Waals surface area contributed by atoms with E-state index in [1.807, 2.05) is 0 Å². The van der Waals surface area contributed by atoms with Crippen LogP contribution in [0.1, 0.15) is 26.7 Å². The number of rotatable bonds is 10. The van der Waals surface area contributed by atoms with Gasteiger partial charge in [0.1, 0.15) is 0 Å². The maximum atomic E-state index is 11.8. The minimum Gasteiger partial charge on any atom is -0.290 e. The van der Waals surface area contributed by atoms with Gasteiger partial charge in [0.2, 0.25) is 0 Å². The topological polar surface area (TPSA) is 78.9 Å². The molecular weight excluding hydrogens is 323 g/mol. The average molecular weight is 344 g/mol. The van der Waals surface area contributed by atoms with Crippen LogP contribution in [-0.4, -0.2) is 42.1 Å². The van der Waals surface area contributed by atoms with Crippen LogP contribution in [0.2, 0.25) is 0 Å². The SMILES string of the molecule is CCC(=O)SC[C@H](COP(=O)(OC)OC)SC(=O)CC. The maximum absolute atomic E-state index is 11.8. The van der Waals surface area contributed by atoms with E-state index in [4.69, 9.17) is 4.52 Å². The Labute approximate surface area is 128 Å². The number of hydrogen-bond acceptors (Lipinski definition) is 8. The second kappa shape index (κ2) is 10.8. The molecule has 1 atom stereocenters. The monoisotopic (exact) mass is 344 g/mol. The first-order valence-electron chi connectivity index (χ1n) is 6.11. The van der Waals surface area contributed by atoms with E-state index in [1.165, 1.54) is 14.2 Å². The Bertz CT molecular complexity index is 355. The summed E-state index contributed by atoms with van der Waals surface area (Å²) in [6.07, 6.45) is 0.818. The van der Waals surface area contributed by atoms with E-state index in [2.05, 4.69) is 9.05 Å². The summed E-state index contributed by atoms with van der Waals surface area (Å²) in [4.78, 5) is 22.8. The molecule has 0 saturated heterocycles. The van der Waals surface area contributed by atoms with Gasteiger partial charge >= 0.3 is 7.82 Å². The van der Waals surface area contributed by atoms with Gasteiger partial charge in [0.25, 0.3) is 0 Å². The van der Waals surface area contributed by atoms with Gasteiger partial charge in [-0.1, -0.05) is 37.4 Å². The number of thioether (sulfide) groups is 2. The van der Waals surface area contributed by atoms with Gasteiger partial charge in [-0.15, -0.1) is 0 Å². The molecule has 0 unspecified atom stereocenters. The third-order valence-electron chi connectivity index (χ3n) is 2.17. The number of carbonyl (C=O) groups is 2. The third kappa shape index (κ3) is 8.44. The van der Waals surface area contributed by atoms with E-state index in [0.29, 0.717) is 18.6 Å². The highest BCUT2D eigenvalue weighted by molar-refractivity contribution is 8.17. The van der Waals surface area contributed by atoms with Gasteiger partial charge in [-0.2, -0.15) is 0 Å². The largest absolute Gasteiger partial charge is 0.474 e. The van der Waals surface area contributed by atoms with Gasteiger partial charge in [-0.3, -0.25) is 23.2 Å². The van der Waals surface area contributed by atoms with Crippen LogP contribution < -0.4 is 0 Å². The Morgan fingerprint density at radius 3 is 2.10 bits per heavy atom. The number of phosphoric ester groups is 1. The Morgan fingerprint density at radius 1 is 1.10 bits per heavy atom. The van der Waals surface area contributed by atoms with E-state index in [1.54, 1.807) is 13.8 Å². The summed E-state index contributed by atoms with van der Waals surface area (Å²) < 4.78 is 26.2. The summed E-state index contributed by atoms with van der Waals surface area (Å²) in [5.74, 6) is 0.413. The van der Waals surface area contributed by atoms with Crippen molar-refractivity contribution >= 4 is 41.6 Å². The summed E-state index contributed by atoms with van der Waals surface area (Å²) in [6.45, 7) is 3.54. The smallest absolute Gasteiger partial charge is 0.290 e. The Kier molecular flexibility index (Phi) is 10.9. The molecule has 0 radical (unpaired) electrons. The first-order chi connectivity index (χ1) is 9.40. The molecule has 0 saturated carbocycles. The van der Waals surface area contributed by atoms with E-state index in [0.717, 1.165) is 23.5 Å². The fraction of sp³-hybridized carbons (Fsp3) is 0.818. The predicted octanol–water partition coefficient (Wildman–Crippen LogP) is 3.11. The molecule has 20 heavy (non-hydrogen) atoms. The Balaban J connectivity index is 4.48. The number of hydrogen-bond donors (Lipinski definition) is 0. The van der Waals surface area contributed by atoms with Crippen molar-refractivity contribution in [1.82, 2.24) is 0 Å². The molecule has 0 bridgehead atoms. The molecule has 0 aliphatic heterocycles. The molecule has 0 fully saturated rings. The minimum atomic E-state index is -3.56. The van der Waals surface area contributed by atoms with Crippen molar-refractivity contribution in [2.75, 3.05) is 26.6 Å². The molecule has 0 aromatic carbocycles. The second-order valence-electron chi connectivity index (χ2n) is 3.61. The normalized spacial score (nSPS) is 13.2. The van der Waals surface area contributed by atoms with Crippen LogP contribution in [0.3, 0.4) is 0 Å². The van der Waals surface area contributed by atoms with Crippen LogP contribution in [0.25, 0.3) is 0 Å². The number of carbonyl (C=O) groups excluding carboxylic acids is 2. The van der Waals surface area contributed by atoms with Gasteiger partial charge in [-0.05, 0) is 0 Å². The van der Waals surface area contributed by atoms with Crippen molar-refractivity contribution in [2.24, 2.45) is 0 Å². The van der Waals surface area contributed by atoms with Crippen LogP contribution >= 0.6 is 31.3 Å². The van der Waals surface area contributed by atoms with E-state index in [9.17, 15) is 14.2 Å². The Hall–Kier alpha value is 0.150. The van der Waals surface area contributed by atoms with Crippen molar-refractivity contribution in [1.29, 1.82) is 0 Å². The highest BCUT2D eigenvalue weighted by Crippen LogP contribution is 2.48. The molecule has 0 aromatic heterocycles. The van der Waals surface area contributed by atoms with Gasteiger partial charge in [0.05, 0.1) is 6.61 Å². The van der Waals surface area contributed by atoms with Crippen molar-refractivity contribution < 1.29 is 27.7 Å². The highest BCUT2D eigenvalue weighted by atomic mass is 32.2. The molecule has 118 valence electrons. The quantitative estimate of drug-likeness (QED) is 0.559. The van der Waals surface area contributed by atoms with Crippen LogP contribution in [0.15, 0.2) is 0 Å². The molecule has 0 rings (SSSR count). The van der Waals surface area contributed by atoms with Gasteiger partial charge in [-0.25, -0.2) is 4.57 Å². The molecule has 0 aliphatic carbocycles. The standard InChI is InChI=1S/C11H21O6PS2/c1-5-10(12)19-8-9(20-11(13)6-2)7-17-18(14,15-3)16-4/h9H,5-8H2,1-4H3/t9-/m0/s1. The summed E-state index contributed by atoms with van der Waals surface area (Å²) in [6, 6.07) is 0. The molecule has 9 heteroatoms. The van der Waals surface area contributed by atoms with Gasteiger partial charge in [0, 0.05) is 38.1 Å². The van der Waals surface area contributed by atoms with Crippen molar-refractivity contribution in [3.05, 3.63) is 0 Å². The minimum absolute atomic E-state index is 0.00665. The molecule has 0 spiro atoms. The first-order valence-corrected chi connectivity index (χ1v) is 9.44. The summed E-state index contributed by atoms with van der Waals surface area (Å²) in [5.41, 5.74) is 0. The average Bonchev–Trinajstić information content (AvgIpc) is 2.48. The second-order valence-corrected chi connectivity index (χ2v) is 7.93. The lowest BCUT2D eigenvalue weighted by Crippen LogP contribution is -2.18. The zero-order valence-electron chi connectivity index (χ0n) is 12.1. The molecule has 0 heterocycles. The zero-order chi connectivity index (χ0) is 15.6.